The molecule has 0 bridgehead atoms. The molecule has 0 radical (unpaired) electrons. The van der Waals surface area contributed by atoms with E-state index in [1.165, 1.54) is 37.7 Å². The van der Waals surface area contributed by atoms with Crippen LogP contribution in [0.3, 0.4) is 0 Å². The van der Waals surface area contributed by atoms with E-state index in [-0.39, 0.29) is 6.04 Å². The van der Waals surface area contributed by atoms with Crippen LogP contribution in [0.15, 0.2) is 24.3 Å². The second-order valence-electron chi connectivity index (χ2n) is 5.54. The lowest BCUT2D eigenvalue weighted by Crippen LogP contribution is -2.26. The van der Waals surface area contributed by atoms with E-state index in [2.05, 4.69) is 24.4 Å². The fraction of sp³-hybridized carbons (Fsp3) is 0.588. The minimum absolute atomic E-state index is 0.0213. The molecule has 0 amide bonds. The summed E-state index contributed by atoms with van der Waals surface area (Å²) < 4.78 is 0. The molecule has 19 heavy (non-hydrogen) atoms. The third-order valence-electron chi connectivity index (χ3n) is 3.94. The molecular weight excluding hydrogens is 234 g/mol. The van der Waals surface area contributed by atoms with Gasteiger partial charge in [0, 0.05) is 18.5 Å². The lowest BCUT2D eigenvalue weighted by molar-refractivity contribution is -0.119. The Morgan fingerprint density at radius 1 is 1.16 bits per heavy atom. The monoisotopic (exact) mass is 259 g/mol. The topological polar surface area (TPSA) is 29.1 Å². The number of hydrogen-bond donors (Lipinski definition) is 1. The maximum atomic E-state index is 12.1. The Labute approximate surface area is 116 Å². The zero-order valence-corrected chi connectivity index (χ0v) is 12.0. The van der Waals surface area contributed by atoms with Crippen molar-refractivity contribution < 1.29 is 4.79 Å². The Morgan fingerprint density at radius 2 is 1.89 bits per heavy atom. The number of benzene rings is 1. The fourth-order valence-corrected chi connectivity index (χ4v) is 2.75. The first kappa shape index (κ1) is 14.1. The van der Waals surface area contributed by atoms with Crippen molar-refractivity contribution >= 4 is 11.5 Å². The SMILES string of the molecule is CCCCCCCCC(=O)C1Cc2ccccc2N1. The average Bonchev–Trinajstić information content (AvgIpc) is 2.86. The smallest absolute Gasteiger partial charge is 0.155 e. The molecule has 1 atom stereocenters. The summed E-state index contributed by atoms with van der Waals surface area (Å²) in [7, 11) is 0. The Hall–Kier alpha value is -1.31. The number of unbranched alkanes of at least 4 members (excludes halogenated alkanes) is 5. The van der Waals surface area contributed by atoms with Gasteiger partial charge in [-0.25, -0.2) is 0 Å². The van der Waals surface area contributed by atoms with Crippen LogP contribution in [-0.2, 0) is 11.2 Å². The van der Waals surface area contributed by atoms with Gasteiger partial charge in [-0.1, -0.05) is 57.2 Å². The molecule has 1 N–H and O–H groups in total. The van der Waals surface area contributed by atoms with Crippen LogP contribution < -0.4 is 5.32 Å². The minimum Gasteiger partial charge on any atom is -0.375 e. The molecule has 1 aromatic rings. The van der Waals surface area contributed by atoms with E-state index < -0.39 is 0 Å². The molecule has 104 valence electrons. The van der Waals surface area contributed by atoms with E-state index in [1.54, 1.807) is 0 Å². The second-order valence-corrected chi connectivity index (χ2v) is 5.54. The lowest BCUT2D eigenvalue weighted by Gasteiger charge is -2.09. The van der Waals surface area contributed by atoms with Crippen LogP contribution in [0.25, 0.3) is 0 Å². The number of rotatable bonds is 8. The minimum atomic E-state index is 0.0213. The van der Waals surface area contributed by atoms with Crippen molar-refractivity contribution in [3.8, 4) is 0 Å². The predicted molar refractivity (Wildman–Crippen MR) is 80.6 cm³/mol. The molecular formula is C17H25NO. The van der Waals surface area contributed by atoms with Gasteiger partial charge in [0.25, 0.3) is 0 Å². The average molecular weight is 259 g/mol. The number of Topliss-reactive ketones (excluding diaryl/α,β-unsaturated/α-hetero) is 1. The van der Waals surface area contributed by atoms with Gasteiger partial charge in [-0.15, -0.1) is 0 Å². The van der Waals surface area contributed by atoms with Gasteiger partial charge in [-0.3, -0.25) is 4.79 Å². The molecule has 1 aliphatic rings. The Morgan fingerprint density at radius 3 is 2.68 bits per heavy atom. The van der Waals surface area contributed by atoms with Crippen molar-refractivity contribution in [1.29, 1.82) is 0 Å². The molecule has 0 saturated heterocycles. The van der Waals surface area contributed by atoms with Crippen LogP contribution in [0.5, 0.6) is 0 Å². The maximum Gasteiger partial charge on any atom is 0.155 e. The van der Waals surface area contributed by atoms with Crippen LogP contribution in [0, 0.1) is 0 Å². The normalized spacial score (nSPS) is 17.0. The molecule has 2 heteroatoms. The Kier molecular flexibility index (Phi) is 5.44. The predicted octanol–water partition coefficient (Wildman–Crippen LogP) is 4.34. The summed E-state index contributed by atoms with van der Waals surface area (Å²) in [6.07, 6.45) is 9.05. The van der Waals surface area contributed by atoms with Gasteiger partial charge in [0.15, 0.2) is 5.78 Å². The highest BCUT2D eigenvalue weighted by Crippen LogP contribution is 2.26. The van der Waals surface area contributed by atoms with Crippen LogP contribution >= 0.6 is 0 Å². The zero-order valence-electron chi connectivity index (χ0n) is 12.0. The van der Waals surface area contributed by atoms with Gasteiger partial charge < -0.3 is 5.32 Å². The molecule has 0 fully saturated rings. The van der Waals surface area contributed by atoms with Crippen molar-refractivity contribution in [2.24, 2.45) is 0 Å². The summed E-state index contributed by atoms with van der Waals surface area (Å²) in [5, 5.41) is 3.35. The summed E-state index contributed by atoms with van der Waals surface area (Å²) in [5.41, 5.74) is 2.42. The van der Waals surface area contributed by atoms with Crippen molar-refractivity contribution in [1.82, 2.24) is 0 Å². The highest BCUT2D eigenvalue weighted by molar-refractivity contribution is 5.89. The van der Waals surface area contributed by atoms with E-state index in [0.29, 0.717) is 5.78 Å². The summed E-state index contributed by atoms with van der Waals surface area (Å²) in [6, 6.07) is 8.26. The zero-order chi connectivity index (χ0) is 13.5. The van der Waals surface area contributed by atoms with Crippen LogP contribution in [0.4, 0.5) is 5.69 Å². The summed E-state index contributed by atoms with van der Waals surface area (Å²) >= 11 is 0. The highest BCUT2D eigenvalue weighted by Gasteiger charge is 2.25. The second kappa shape index (κ2) is 7.32. The molecule has 0 saturated carbocycles. The fourth-order valence-electron chi connectivity index (χ4n) is 2.75. The Bertz CT molecular complexity index is 388. The van der Waals surface area contributed by atoms with E-state index in [1.807, 2.05) is 12.1 Å². The van der Waals surface area contributed by atoms with Gasteiger partial charge in [0.05, 0.1) is 6.04 Å². The van der Waals surface area contributed by atoms with E-state index >= 15 is 0 Å². The maximum absolute atomic E-state index is 12.1. The first-order valence-electron chi connectivity index (χ1n) is 7.68. The first-order chi connectivity index (χ1) is 9.31. The van der Waals surface area contributed by atoms with Gasteiger partial charge in [-0.05, 0) is 18.1 Å². The quantitative estimate of drug-likeness (QED) is 0.703. The van der Waals surface area contributed by atoms with Gasteiger partial charge >= 0.3 is 0 Å². The van der Waals surface area contributed by atoms with Crippen LogP contribution in [0.1, 0.15) is 57.4 Å². The van der Waals surface area contributed by atoms with Crippen molar-refractivity contribution in [2.45, 2.75) is 64.3 Å². The van der Waals surface area contributed by atoms with Gasteiger partial charge in [0.2, 0.25) is 0 Å². The van der Waals surface area contributed by atoms with Crippen molar-refractivity contribution in [3.63, 3.8) is 0 Å². The Balaban J connectivity index is 1.66. The number of carbonyl (C=O) groups is 1. The van der Waals surface area contributed by atoms with E-state index in [4.69, 9.17) is 0 Å². The molecule has 0 spiro atoms. The summed E-state index contributed by atoms with van der Waals surface area (Å²) in [6.45, 7) is 2.23. The van der Waals surface area contributed by atoms with E-state index in [0.717, 1.165) is 24.9 Å². The summed E-state index contributed by atoms with van der Waals surface area (Å²) in [4.78, 5) is 12.1. The molecule has 0 aliphatic carbocycles. The number of hydrogen-bond acceptors (Lipinski definition) is 2. The lowest BCUT2D eigenvalue weighted by atomic mass is 10.0. The molecule has 1 aliphatic heterocycles. The van der Waals surface area contributed by atoms with Gasteiger partial charge in [0.1, 0.15) is 0 Å². The molecule has 0 aromatic heterocycles. The molecule has 1 unspecified atom stereocenters. The first-order valence-corrected chi connectivity index (χ1v) is 7.68. The standard InChI is InChI=1S/C17H25NO/c1-2-3-4-5-6-7-12-17(19)16-13-14-10-8-9-11-15(14)18-16/h8-11,16,18H,2-7,12-13H2,1H3. The van der Waals surface area contributed by atoms with Crippen LogP contribution in [0.2, 0.25) is 0 Å². The summed E-state index contributed by atoms with van der Waals surface area (Å²) in [5.74, 6) is 0.381. The third-order valence-corrected chi connectivity index (χ3v) is 3.94. The third kappa shape index (κ3) is 4.09. The number of nitrogens with one attached hydrogen (secondary N) is 1. The van der Waals surface area contributed by atoms with Gasteiger partial charge in [-0.2, -0.15) is 0 Å². The van der Waals surface area contributed by atoms with Crippen LogP contribution in [-0.4, -0.2) is 11.8 Å². The number of carbonyl (C=O) groups excluding carboxylic acids is 1. The van der Waals surface area contributed by atoms with E-state index in [9.17, 15) is 4.79 Å². The van der Waals surface area contributed by atoms with Crippen molar-refractivity contribution in [2.75, 3.05) is 5.32 Å². The molecule has 1 heterocycles. The number of anilines is 1. The number of para-hydroxylation sites is 1. The largest absolute Gasteiger partial charge is 0.375 e. The molecule has 2 rings (SSSR count). The highest BCUT2D eigenvalue weighted by atomic mass is 16.1. The molecule has 1 aromatic carbocycles. The van der Waals surface area contributed by atoms with Crippen molar-refractivity contribution in [3.05, 3.63) is 29.8 Å². The number of ketones is 1. The molecule has 2 nitrogen and oxygen atoms in total. The number of fused-ring (bicyclic) bond motifs is 1.